The van der Waals surface area contributed by atoms with Crippen LogP contribution in [0.1, 0.15) is 55.6 Å². The first-order valence-electron chi connectivity index (χ1n) is 10.5. The van der Waals surface area contributed by atoms with Crippen LogP contribution in [0, 0.1) is 0 Å². The molecule has 0 heterocycles. The van der Waals surface area contributed by atoms with Crippen LogP contribution in [0.2, 0.25) is 0 Å². The van der Waals surface area contributed by atoms with Crippen molar-refractivity contribution in [1.82, 2.24) is 4.90 Å². The smallest absolute Gasteiger partial charge is 0.194 e. The van der Waals surface area contributed by atoms with E-state index in [-0.39, 0.29) is 5.78 Å². The third-order valence-corrected chi connectivity index (χ3v) is 5.33. The van der Waals surface area contributed by atoms with E-state index >= 15 is 0 Å². The summed E-state index contributed by atoms with van der Waals surface area (Å²) in [7, 11) is 0. The second-order valence-electron chi connectivity index (χ2n) is 7.08. The number of nitrogens with zero attached hydrogens (tertiary/aromatic N) is 1. The SMILES string of the molecule is CCCc1cc(OCC)c2c(c1)C(=O)c1cccc(OCCN(CC)CC)c1-2. The van der Waals surface area contributed by atoms with Gasteiger partial charge in [0.05, 0.1) is 6.61 Å². The number of ether oxygens (including phenoxy) is 2. The quantitative estimate of drug-likeness (QED) is 0.497. The van der Waals surface area contributed by atoms with Gasteiger partial charge in [0.25, 0.3) is 0 Å². The molecule has 0 fully saturated rings. The Bertz CT molecular complexity index is 840. The van der Waals surface area contributed by atoms with Crippen molar-refractivity contribution in [2.45, 2.75) is 40.5 Å². The number of ketones is 1. The fourth-order valence-corrected chi connectivity index (χ4v) is 3.88. The van der Waals surface area contributed by atoms with E-state index in [0.29, 0.717) is 18.8 Å². The maximum Gasteiger partial charge on any atom is 0.194 e. The van der Waals surface area contributed by atoms with Crippen LogP contribution in [0.5, 0.6) is 11.5 Å². The Morgan fingerprint density at radius 3 is 2.32 bits per heavy atom. The number of carbonyl (C=O) groups excluding carboxylic acids is 1. The van der Waals surface area contributed by atoms with Crippen LogP contribution in [-0.4, -0.2) is 43.5 Å². The second kappa shape index (κ2) is 9.24. The Hall–Kier alpha value is -2.33. The van der Waals surface area contributed by atoms with Crippen molar-refractivity contribution in [3.63, 3.8) is 0 Å². The first kappa shape index (κ1) is 20.4. The average Bonchev–Trinajstić information content (AvgIpc) is 2.99. The summed E-state index contributed by atoms with van der Waals surface area (Å²) in [5.41, 5.74) is 4.37. The maximum atomic E-state index is 13.1. The summed E-state index contributed by atoms with van der Waals surface area (Å²) in [4.78, 5) is 15.4. The first-order valence-corrected chi connectivity index (χ1v) is 10.5. The molecule has 0 bridgehead atoms. The standard InChI is InChI=1S/C24H31NO3/c1-5-10-17-15-19-23(21(16-17)27-8-4)22-18(24(19)26)11-9-12-20(22)28-14-13-25(6-2)7-3/h9,11-12,15-16H,5-8,10,13-14H2,1-4H3. The van der Waals surface area contributed by atoms with Gasteiger partial charge in [-0.25, -0.2) is 0 Å². The van der Waals surface area contributed by atoms with Crippen molar-refractivity contribution in [2.75, 3.05) is 32.8 Å². The van der Waals surface area contributed by atoms with Gasteiger partial charge in [0.1, 0.15) is 18.1 Å². The molecule has 2 aromatic carbocycles. The van der Waals surface area contributed by atoms with Crippen LogP contribution in [0.3, 0.4) is 0 Å². The molecule has 1 aliphatic carbocycles. The number of aryl methyl sites for hydroxylation is 1. The molecule has 0 radical (unpaired) electrons. The molecule has 0 saturated carbocycles. The van der Waals surface area contributed by atoms with Crippen LogP contribution >= 0.6 is 0 Å². The highest BCUT2D eigenvalue weighted by Gasteiger charge is 2.33. The van der Waals surface area contributed by atoms with Crippen LogP contribution in [-0.2, 0) is 6.42 Å². The maximum absolute atomic E-state index is 13.1. The summed E-state index contributed by atoms with van der Waals surface area (Å²) < 4.78 is 12.1. The Morgan fingerprint density at radius 1 is 0.893 bits per heavy atom. The highest BCUT2D eigenvalue weighted by atomic mass is 16.5. The molecule has 0 saturated heterocycles. The van der Waals surface area contributed by atoms with E-state index in [2.05, 4.69) is 31.7 Å². The van der Waals surface area contributed by atoms with Crippen molar-refractivity contribution < 1.29 is 14.3 Å². The fraction of sp³-hybridized carbons (Fsp3) is 0.458. The zero-order valence-corrected chi connectivity index (χ0v) is 17.5. The summed E-state index contributed by atoms with van der Waals surface area (Å²) in [5.74, 6) is 1.62. The molecule has 0 spiro atoms. The van der Waals surface area contributed by atoms with Gasteiger partial charge in [-0.05, 0) is 50.2 Å². The molecule has 4 heteroatoms. The van der Waals surface area contributed by atoms with Crippen LogP contribution in [0.4, 0.5) is 0 Å². The predicted molar refractivity (Wildman–Crippen MR) is 114 cm³/mol. The number of hydrogen-bond donors (Lipinski definition) is 0. The van der Waals surface area contributed by atoms with Gasteiger partial charge in [0, 0.05) is 28.8 Å². The van der Waals surface area contributed by atoms with Gasteiger partial charge < -0.3 is 14.4 Å². The van der Waals surface area contributed by atoms with Crippen LogP contribution in [0.15, 0.2) is 30.3 Å². The van der Waals surface area contributed by atoms with Crippen LogP contribution in [0.25, 0.3) is 11.1 Å². The molecule has 0 atom stereocenters. The summed E-state index contributed by atoms with van der Waals surface area (Å²) in [5, 5.41) is 0. The van der Waals surface area contributed by atoms with E-state index in [1.165, 1.54) is 0 Å². The van der Waals surface area contributed by atoms with Crippen LogP contribution < -0.4 is 9.47 Å². The number of hydrogen-bond acceptors (Lipinski definition) is 4. The summed E-state index contributed by atoms with van der Waals surface area (Å²) in [6.07, 6.45) is 1.97. The Kier molecular flexibility index (Phi) is 6.74. The summed E-state index contributed by atoms with van der Waals surface area (Å²) in [6, 6.07) is 9.87. The average molecular weight is 382 g/mol. The molecule has 0 N–H and O–H groups in total. The van der Waals surface area contributed by atoms with E-state index < -0.39 is 0 Å². The van der Waals surface area contributed by atoms with Crippen molar-refractivity contribution in [1.29, 1.82) is 0 Å². The lowest BCUT2D eigenvalue weighted by molar-refractivity contribution is 0.104. The molecule has 4 nitrogen and oxygen atoms in total. The Morgan fingerprint density at radius 2 is 1.64 bits per heavy atom. The molecule has 28 heavy (non-hydrogen) atoms. The largest absolute Gasteiger partial charge is 0.493 e. The molecular formula is C24H31NO3. The third kappa shape index (κ3) is 3.93. The molecule has 0 aromatic heterocycles. The minimum Gasteiger partial charge on any atom is -0.493 e. The number of rotatable bonds is 10. The minimum absolute atomic E-state index is 0.0677. The summed E-state index contributed by atoms with van der Waals surface area (Å²) in [6.45, 7) is 12.5. The number of likely N-dealkylation sites (N-methyl/N-ethyl adjacent to an activating group) is 1. The van der Waals surface area contributed by atoms with E-state index in [1.54, 1.807) is 0 Å². The molecule has 3 rings (SSSR count). The number of fused-ring (bicyclic) bond motifs is 3. The van der Waals surface area contributed by atoms with Crippen molar-refractivity contribution in [3.8, 4) is 22.6 Å². The Labute approximate surface area is 168 Å². The van der Waals surface area contributed by atoms with Crippen molar-refractivity contribution >= 4 is 5.78 Å². The lowest BCUT2D eigenvalue weighted by atomic mass is 9.99. The van der Waals surface area contributed by atoms with Crippen molar-refractivity contribution in [3.05, 3.63) is 47.0 Å². The molecule has 0 amide bonds. The highest BCUT2D eigenvalue weighted by Crippen LogP contribution is 2.48. The summed E-state index contributed by atoms with van der Waals surface area (Å²) >= 11 is 0. The molecule has 1 aliphatic rings. The van der Waals surface area contributed by atoms with Gasteiger partial charge in [-0.2, -0.15) is 0 Å². The van der Waals surface area contributed by atoms with Gasteiger partial charge in [-0.15, -0.1) is 0 Å². The zero-order chi connectivity index (χ0) is 20.1. The monoisotopic (exact) mass is 381 g/mol. The van der Waals surface area contributed by atoms with Gasteiger partial charge in [-0.1, -0.05) is 39.3 Å². The van der Waals surface area contributed by atoms with E-state index in [0.717, 1.165) is 66.2 Å². The molecule has 2 aromatic rings. The minimum atomic E-state index is 0.0677. The third-order valence-electron chi connectivity index (χ3n) is 5.33. The fourth-order valence-electron chi connectivity index (χ4n) is 3.88. The zero-order valence-electron chi connectivity index (χ0n) is 17.5. The second-order valence-corrected chi connectivity index (χ2v) is 7.08. The van der Waals surface area contributed by atoms with Gasteiger partial charge in [-0.3, -0.25) is 4.79 Å². The van der Waals surface area contributed by atoms with E-state index in [4.69, 9.17) is 9.47 Å². The lowest BCUT2D eigenvalue weighted by Crippen LogP contribution is -2.28. The normalized spacial score (nSPS) is 12.2. The van der Waals surface area contributed by atoms with Gasteiger partial charge in [0.2, 0.25) is 0 Å². The molecule has 0 aliphatic heterocycles. The lowest BCUT2D eigenvalue weighted by Gasteiger charge is -2.19. The number of carbonyl (C=O) groups is 1. The van der Waals surface area contributed by atoms with Gasteiger partial charge >= 0.3 is 0 Å². The van der Waals surface area contributed by atoms with Crippen molar-refractivity contribution in [2.24, 2.45) is 0 Å². The molecule has 150 valence electrons. The predicted octanol–water partition coefficient (Wildman–Crippen LogP) is 4.97. The van der Waals surface area contributed by atoms with E-state index in [9.17, 15) is 4.79 Å². The Balaban J connectivity index is 2.00. The highest BCUT2D eigenvalue weighted by molar-refractivity contribution is 6.23. The molecular weight excluding hydrogens is 350 g/mol. The first-order chi connectivity index (χ1) is 13.6. The number of benzene rings is 2. The molecule has 0 unspecified atom stereocenters. The van der Waals surface area contributed by atoms with E-state index in [1.807, 2.05) is 31.2 Å². The topological polar surface area (TPSA) is 38.8 Å². The van der Waals surface area contributed by atoms with Gasteiger partial charge in [0.15, 0.2) is 5.78 Å².